The van der Waals surface area contributed by atoms with Gasteiger partial charge in [0.2, 0.25) is 0 Å². The van der Waals surface area contributed by atoms with Crippen LogP contribution in [-0.4, -0.2) is 9.55 Å². The Hall–Kier alpha value is -10.3. The molecule has 0 aliphatic rings. The van der Waals surface area contributed by atoms with Gasteiger partial charge >= 0.3 is 0 Å². The minimum atomic E-state index is 1.17. The summed E-state index contributed by atoms with van der Waals surface area (Å²) in [7, 11) is 0. The SMILES string of the molecule is Cc1ccc(-c2c3ccccc3c(-c3ccccc3)c3ccccc23)cc1.Cc1ccc2[nH]c3ccccc3c2c1.Cc1ccc2c(c1)c1ccccc1n2-c1ccc(-c2c3ccccc3c(-c3ccccc3)c3ccccc23)cc1. The molecule has 2 heteroatoms. The fraction of sp³-hybridized carbons (Fsp3) is 0.0380. The van der Waals surface area contributed by atoms with E-state index in [0.717, 1.165) is 0 Å². The lowest BCUT2D eigenvalue weighted by molar-refractivity contribution is 1.18. The first-order chi connectivity index (χ1) is 39.9. The second-order valence-electron chi connectivity index (χ2n) is 21.4. The molecule has 16 rings (SSSR count). The third-order valence-electron chi connectivity index (χ3n) is 16.2. The summed E-state index contributed by atoms with van der Waals surface area (Å²) in [6.45, 7) is 6.43. The first-order valence-electron chi connectivity index (χ1n) is 28.1. The van der Waals surface area contributed by atoms with Crippen molar-refractivity contribution in [3.63, 3.8) is 0 Å². The molecule has 0 fully saturated rings. The number of hydrogen-bond acceptors (Lipinski definition) is 0. The molecule has 0 radical (unpaired) electrons. The van der Waals surface area contributed by atoms with Gasteiger partial charge in [0.25, 0.3) is 0 Å². The van der Waals surface area contributed by atoms with E-state index in [4.69, 9.17) is 0 Å². The monoisotopic (exact) mass is 1030 g/mol. The molecule has 0 unspecified atom stereocenters. The highest BCUT2D eigenvalue weighted by atomic mass is 15.0. The van der Waals surface area contributed by atoms with Crippen molar-refractivity contribution in [2.45, 2.75) is 20.8 Å². The van der Waals surface area contributed by atoms with Gasteiger partial charge in [0, 0.05) is 38.3 Å². The van der Waals surface area contributed by atoms with Crippen molar-refractivity contribution in [3.8, 4) is 50.2 Å². The van der Waals surface area contributed by atoms with E-state index in [1.807, 2.05) is 0 Å². The van der Waals surface area contributed by atoms with E-state index in [2.05, 4.69) is 322 Å². The third-order valence-corrected chi connectivity index (χ3v) is 16.2. The number of hydrogen-bond donors (Lipinski definition) is 1. The highest BCUT2D eigenvalue weighted by Gasteiger charge is 2.19. The van der Waals surface area contributed by atoms with E-state index < -0.39 is 0 Å². The van der Waals surface area contributed by atoms with Crippen molar-refractivity contribution in [1.82, 2.24) is 9.55 Å². The van der Waals surface area contributed by atoms with Crippen LogP contribution in [0.4, 0.5) is 0 Å². The number of rotatable bonds is 5. The summed E-state index contributed by atoms with van der Waals surface area (Å²) in [4.78, 5) is 3.41. The summed E-state index contributed by atoms with van der Waals surface area (Å²) >= 11 is 0. The molecule has 0 spiro atoms. The second kappa shape index (κ2) is 20.8. The van der Waals surface area contributed by atoms with Crippen LogP contribution in [0.5, 0.6) is 0 Å². The highest BCUT2D eigenvalue weighted by molar-refractivity contribution is 6.23. The van der Waals surface area contributed by atoms with Gasteiger partial charge in [-0.1, -0.05) is 259 Å². The maximum atomic E-state index is 3.41. The molecule has 0 saturated carbocycles. The average molecular weight is 1040 g/mol. The predicted octanol–water partition coefficient (Wildman–Crippen LogP) is 22.0. The van der Waals surface area contributed by atoms with Crippen LogP contribution < -0.4 is 0 Å². The van der Waals surface area contributed by atoms with Gasteiger partial charge in [-0.3, -0.25) is 0 Å². The Morgan fingerprint density at radius 3 is 1.01 bits per heavy atom. The summed E-state index contributed by atoms with van der Waals surface area (Å²) in [5.74, 6) is 0. The fourth-order valence-electron chi connectivity index (χ4n) is 12.5. The van der Waals surface area contributed by atoms with Crippen molar-refractivity contribution in [1.29, 1.82) is 0 Å². The number of aryl methyl sites for hydroxylation is 3. The van der Waals surface area contributed by atoms with Crippen LogP contribution in [0, 0.1) is 20.8 Å². The molecule has 384 valence electrons. The summed E-state index contributed by atoms with van der Waals surface area (Å²) in [5, 5.41) is 15.6. The number of fused-ring (bicyclic) bond motifs is 10. The molecule has 0 aliphatic heterocycles. The number of nitrogens with one attached hydrogen (secondary N) is 1. The van der Waals surface area contributed by atoms with Crippen molar-refractivity contribution in [3.05, 3.63) is 308 Å². The first-order valence-corrected chi connectivity index (χ1v) is 28.1. The van der Waals surface area contributed by atoms with Crippen molar-refractivity contribution < 1.29 is 0 Å². The molecule has 0 atom stereocenters. The Bertz CT molecular complexity index is 4870. The molecule has 0 aliphatic carbocycles. The van der Waals surface area contributed by atoms with E-state index in [1.54, 1.807) is 0 Å². The molecular formula is C79H58N2. The topological polar surface area (TPSA) is 20.7 Å². The zero-order valence-corrected chi connectivity index (χ0v) is 45.7. The van der Waals surface area contributed by atoms with Gasteiger partial charge < -0.3 is 9.55 Å². The maximum absolute atomic E-state index is 3.41. The average Bonchev–Trinajstić information content (AvgIpc) is 4.19. The molecule has 2 aromatic heterocycles. The van der Waals surface area contributed by atoms with Gasteiger partial charge in [0.1, 0.15) is 0 Å². The molecular weight excluding hydrogens is 977 g/mol. The normalized spacial score (nSPS) is 11.4. The van der Waals surface area contributed by atoms with Crippen LogP contribution in [0.2, 0.25) is 0 Å². The van der Waals surface area contributed by atoms with Gasteiger partial charge in [-0.25, -0.2) is 0 Å². The second-order valence-corrected chi connectivity index (χ2v) is 21.4. The Kier molecular flexibility index (Phi) is 12.6. The number of aromatic amines is 1. The molecule has 0 saturated heterocycles. The maximum Gasteiger partial charge on any atom is 0.0541 e. The van der Waals surface area contributed by atoms with Gasteiger partial charge in [-0.2, -0.15) is 0 Å². The Morgan fingerprint density at radius 1 is 0.222 bits per heavy atom. The smallest absolute Gasteiger partial charge is 0.0541 e. The van der Waals surface area contributed by atoms with Crippen molar-refractivity contribution >= 4 is 86.7 Å². The first kappa shape index (κ1) is 49.0. The van der Waals surface area contributed by atoms with E-state index >= 15 is 0 Å². The number of nitrogens with zero attached hydrogens (tertiary/aromatic N) is 1. The lowest BCUT2D eigenvalue weighted by atomic mass is 9.86. The van der Waals surface area contributed by atoms with Crippen molar-refractivity contribution in [2.75, 3.05) is 0 Å². The summed E-state index contributed by atoms with van der Waals surface area (Å²) < 4.78 is 2.39. The minimum absolute atomic E-state index is 1.17. The Balaban J connectivity index is 0.000000123. The molecule has 14 aromatic carbocycles. The number of para-hydroxylation sites is 2. The fourth-order valence-corrected chi connectivity index (χ4v) is 12.5. The van der Waals surface area contributed by atoms with Crippen LogP contribution >= 0.6 is 0 Å². The molecule has 2 heterocycles. The molecule has 1 N–H and O–H groups in total. The van der Waals surface area contributed by atoms with Crippen molar-refractivity contribution in [2.24, 2.45) is 0 Å². The summed E-state index contributed by atoms with van der Waals surface area (Å²) in [5.41, 5.74) is 20.2. The van der Waals surface area contributed by atoms with Crippen LogP contribution in [0.1, 0.15) is 16.7 Å². The highest BCUT2D eigenvalue weighted by Crippen LogP contribution is 2.46. The lowest BCUT2D eigenvalue weighted by Crippen LogP contribution is -1.94. The van der Waals surface area contributed by atoms with Crippen LogP contribution in [-0.2, 0) is 0 Å². The molecule has 0 amide bonds. The zero-order valence-electron chi connectivity index (χ0n) is 45.7. The molecule has 81 heavy (non-hydrogen) atoms. The summed E-state index contributed by atoms with van der Waals surface area (Å²) in [6, 6.07) is 105. The van der Waals surface area contributed by atoms with E-state index in [-0.39, 0.29) is 0 Å². The van der Waals surface area contributed by atoms with Gasteiger partial charge in [0.15, 0.2) is 0 Å². The Labute approximate surface area is 472 Å². The van der Waals surface area contributed by atoms with E-state index in [1.165, 1.54) is 154 Å². The molecule has 0 bridgehead atoms. The predicted molar refractivity (Wildman–Crippen MR) is 349 cm³/mol. The number of aromatic nitrogens is 2. The Morgan fingerprint density at radius 2 is 0.543 bits per heavy atom. The third kappa shape index (κ3) is 8.88. The van der Waals surface area contributed by atoms with Gasteiger partial charge in [-0.15, -0.1) is 0 Å². The number of benzene rings is 14. The molecule has 2 nitrogen and oxygen atoms in total. The van der Waals surface area contributed by atoms with Crippen LogP contribution in [0.25, 0.3) is 137 Å². The standard InChI is InChI=1S/C39H27N.C27H20.C13H11N/c1-26-19-24-37-35(25-26)30-13-9-10-18-36(30)40(37)29-22-20-28(21-23-29)39-33-16-7-5-14-31(33)38(27-11-3-2-4-12-27)32-15-6-8-17-34(32)39;1-19-15-17-21(18-16-19)27-24-13-7-5-11-22(24)26(20-9-3-2-4-10-20)23-12-6-8-14-25(23)27;1-9-6-7-13-11(8-9)10-4-2-3-5-12(10)14-13/h2-25H,1H3;2-18H,1H3;2-8,14H,1H3. The quantitative estimate of drug-likeness (QED) is 0.166. The van der Waals surface area contributed by atoms with Crippen LogP contribution in [0.3, 0.4) is 0 Å². The van der Waals surface area contributed by atoms with Gasteiger partial charge in [-0.05, 0) is 157 Å². The number of H-pyrrole nitrogens is 1. The lowest BCUT2D eigenvalue weighted by Gasteiger charge is -2.18. The van der Waals surface area contributed by atoms with E-state index in [0.29, 0.717) is 0 Å². The molecule has 16 aromatic rings. The largest absolute Gasteiger partial charge is 0.355 e. The van der Waals surface area contributed by atoms with E-state index in [9.17, 15) is 0 Å². The summed E-state index contributed by atoms with van der Waals surface area (Å²) in [6.07, 6.45) is 0. The van der Waals surface area contributed by atoms with Crippen LogP contribution in [0.15, 0.2) is 291 Å². The minimum Gasteiger partial charge on any atom is -0.355 e. The zero-order chi connectivity index (χ0) is 54.4. The van der Waals surface area contributed by atoms with Gasteiger partial charge in [0.05, 0.1) is 11.0 Å².